The maximum Gasteiger partial charge on any atom is 0.145 e. The number of fused-ring (bicyclic) bond motifs is 1. The molecule has 25 heavy (non-hydrogen) atoms. The summed E-state index contributed by atoms with van der Waals surface area (Å²) >= 11 is 0. The van der Waals surface area contributed by atoms with E-state index in [4.69, 9.17) is 19.9 Å². The topological polar surface area (TPSA) is 57.0 Å². The largest absolute Gasteiger partial charge is 0.497 e. The van der Waals surface area contributed by atoms with Crippen LogP contribution in [0, 0.1) is 0 Å². The highest BCUT2D eigenvalue weighted by atomic mass is 16.5. The average molecular weight is 342 g/mol. The molecule has 1 aliphatic heterocycles. The fraction of sp³-hybridized carbons (Fsp3) is 0.400. The van der Waals surface area contributed by atoms with Crippen molar-refractivity contribution in [2.24, 2.45) is 0 Å². The van der Waals surface area contributed by atoms with Gasteiger partial charge in [0.25, 0.3) is 0 Å². The molecule has 2 N–H and O–H groups in total. The predicted molar refractivity (Wildman–Crippen MR) is 101 cm³/mol. The Bertz CT molecular complexity index is 713. The quantitative estimate of drug-likeness (QED) is 0.640. The Hall–Kier alpha value is -2.56. The van der Waals surface area contributed by atoms with Crippen molar-refractivity contribution in [2.75, 3.05) is 37.4 Å². The number of nitrogen functional groups attached to an aromatic ring is 1. The number of hydrogen-bond donors (Lipinski definition) is 1. The van der Waals surface area contributed by atoms with Gasteiger partial charge < -0.3 is 24.8 Å². The van der Waals surface area contributed by atoms with Gasteiger partial charge >= 0.3 is 0 Å². The number of ether oxygens (including phenoxy) is 3. The van der Waals surface area contributed by atoms with E-state index >= 15 is 0 Å². The van der Waals surface area contributed by atoms with Crippen LogP contribution in [0.5, 0.6) is 17.2 Å². The lowest BCUT2D eigenvalue weighted by Gasteiger charge is -2.41. The zero-order valence-corrected chi connectivity index (χ0v) is 15.1. The van der Waals surface area contributed by atoms with Crippen molar-refractivity contribution in [1.29, 1.82) is 0 Å². The SMILES string of the molecule is COc1ccc(OCCCN2CC(C)(C)Oc3cc(N)ccc32)cc1. The van der Waals surface area contributed by atoms with Gasteiger partial charge in [0.1, 0.15) is 22.8 Å². The van der Waals surface area contributed by atoms with Crippen LogP contribution in [-0.2, 0) is 0 Å². The Morgan fingerprint density at radius 2 is 1.84 bits per heavy atom. The number of benzene rings is 2. The summed E-state index contributed by atoms with van der Waals surface area (Å²) in [5, 5.41) is 0. The summed E-state index contributed by atoms with van der Waals surface area (Å²) in [5.74, 6) is 2.54. The van der Waals surface area contributed by atoms with E-state index < -0.39 is 0 Å². The molecule has 5 nitrogen and oxygen atoms in total. The molecule has 0 saturated carbocycles. The van der Waals surface area contributed by atoms with Gasteiger partial charge in [-0.2, -0.15) is 0 Å². The number of anilines is 2. The van der Waals surface area contributed by atoms with Crippen molar-refractivity contribution in [2.45, 2.75) is 25.9 Å². The van der Waals surface area contributed by atoms with E-state index in [0.29, 0.717) is 6.61 Å². The normalized spacial score (nSPS) is 15.2. The van der Waals surface area contributed by atoms with Crippen LogP contribution >= 0.6 is 0 Å². The summed E-state index contributed by atoms with van der Waals surface area (Å²) in [4.78, 5) is 2.34. The molecule has 0 spiro atoms. The lowest BCUT2D eigenvalue weighted by molar-refractivity contribution is 0.104. The maximum atomic E-state index is 6.06. The minimum absolute atomic E-state index is 0.238. The summed E-state index contributed by atoms with van der Waals surface area (Å²) in [6, 6.07) is 13.5. The van der Waals surface area contributed by atoms with E-state index in [1.54, 1.807) is 7.11 Å². The second-order valence-electron chi connectivity index (χ2n) is 6.89. The lowest BCUT2D eigenvalue weighted by atomic mass is 10.0. The third-order valence-corrected chi connectivity index (χ3v) is 4.18. The zero-order chi connectivity index (χ0) is 17.9. The minimum Gasteiger partial charge on any atom is -0.497 e. The third-order valence-electron chi connectivity index (χ3n) is 4.18. The highest BCUT2D eigenvalue weighted by molar-refractivity contribution is 5.65. The summed E-state index contributed by atoms with van der Waals surface area (Å²) < 4.78 is 17.0. The number of rotatable bonds is 6. The van der Waals surface area contributed by atoms with Crippen LogP contribution in [0.1, 0.15) is 20.3 Å². The van der Waals surface area contributed by atoms with Gasteiger partial charge in [-0.3, -0.25) is 0 Å². The van der Waals surface area contributed by atoms with Gasteiger partial charge in [0.2, 0.25) is 0 Å². The van der Waals surface area contributed by atoms with E-state index in [9.17, 15) is 0 Å². The molecule has 0 saturated heterocycles. The molecule has 0 aromatic heterocycles. The van der Waals surface area contributed by atoms with Gasteiger partial charge in [0.15, 0.2) is 0 Å². The molecule has 0 atom stereocenters. The van der Waals surface area contributed by atoms with Gasteiger partial charge in [-0.05, 0) is 56.7 Å². The summed E-state index contributed by atoms with van der Waals surface area (Å²) in [6.45, 7) is 6.60. The number of nitrogens with two attached hydrogens (primary N) is 1. The fourth-order valence-corrected chi connectivity index (χ4v) is 3.07. The summed E-state index contributed by atoms with van der Waals surface area (Å²) in [7, 11) is 1.66. The first-order chi connectivity index (χ1) is 12.0. The van der Waals surface area contributed by atoms with Crippen molar-refractivity contribution in [3.8, 4) is 17.2 Å². The Balaban J connectivity index is 1.57. The molecule has 0 radical (unpaired) electrons. The van der Waals surface area contributed by atoms with Crippen LogP contribution in [0.4, 0.5) is 11.4 Å². The van der Waals surface area contributed by atoms with Crippen molar-refractivity contribution < 1.29 is 14.2 Å². The van der Waals surface area contributed by atoms with Crippen molar-refractivity contribution in [3.05, 3.63) is 42.5 Å². The zero-order valence-electron chi connectivity index (χ0n) is 15.1. The maximum absolute atomic E-state index is 6.06. The Kier molecular flexibility index (Phi) is 4.93. The Morgan fingerprint density at radius 1 is 1.12 bits per heavy atom. The van der Waals surface area contributed by atoms with Gasteiger partial charge in [-0.1, -0.05) is 0 Å². The molecule has 2 aromatic rings. The molecule has 0 aliphatic carbocycles. The Labute approximate surface area is 149 Å². The van der Waals surface area contributed by atoms with Crippen LogP contribution in [0.3, 0.4) is 0 Å². The van der Waals surface area contributed by atoms with E-state index in [-0.39, 0.29) is 5.60 Å². The molecule has 0 bridgehead atoms. The van der Waals surface area contributed by atoms with Crippen LogP contribution in [0.25, 0.3) is 0 Å². The predicted octanol–water partition coefficient (Wildman–Crippen LogP) is 3.72. The van der Waals surface area contributed by atoms with Crippen molar-refractivity contribution in [1.82, 2.24) is 0 Å². The highest BCUT2D eigenvalue weighted by Crippen LogP contribution is 2.38. The molecular weight excluding hydrogens is 316 g/mol. The van der Waals surface area contributed by atoms with Gasteiger partial charge in [-0.15, -0.1) is 0 Å². The van der Waals surface area contributed by atoms with Crippen LogP contribution in [0.15, 0.2) is 42.5 Å². The number of methoxy groups -OCH3 is 1. The molecule has 1 aliphatic rings. The number of hydrogen-bond acceptors (Lipinski definition) is 5. The number of nitrogens with zero attached hydrogens (tertiary/aromatic N) is 1. The highest BCUT2D eigenvalue weighted by Gasteiger charge is 2.31. The standard InChI is InChI=1S/C20H26N2O3/c1-20(2)14-22(18-10-5-15(21)13-19(18)25-20)11-4-12-24-17-8-6-16(23-3)7-9-17/h5-10,13H,4,11-12,14,21H2,1-3H3. The molecular formula is C20H26N2O3. The van der Waals surface area contributed by atoms with E-state index in [1.807, 2.05) is 42.5 Å². The van der Waals surface area contributed by atoms with Crippen molar-refractivity contribution >= 4 is 11.4 Å². The van der Waals surface area contributed by atoms with Gasteiger partial charge in [-0.25, -0.2) is 0 Å². The summed E-state index contributed by atoms with van der Waals surface area (Å²) in [6.07, 6.45) is 0.923. The lowest BCUT2D eigenvalue weighted by Crippen LogP contribution is -2.47. The minimum atomic E-state index is -0.238. The Morgan fingerprint density at radius 3 is 2.56 bits per heavy atom. The molecule has 5 heteroatoms. The van der Waals surface area contributed by atoms with E-state index in [2.05, 4.69) is 18.7 Å². The van der Waals surface area contributed by atoms with E-state index in [0.717, 1.165) is 48.1 Å². The molecule has 2 aromatic carbocycles. The van der Waals surface area contributed by atoms with Gasteiger partial charge in [0.05, 0.1) is 25.9 Å². The second-order valence-corrected chi connectivity index (χ2v) is 6.89. The van der Waals surface area contributed by atoms with Crippen LogP contribution in [0.2, 0.25) is 0 Å². The monoisotopic (exact) mass is 342 g/mol. The van der Waals surface area contributed by atoms with Crippen LogP contribution < -0.4 is 24.8 Å². The van der Waals surface area contributed by atoms with Gasteiger partial charge in [0, 0.05) is 18.3 Å². The average Bonchev–Trinajstić information content (AvgIpc) is 2.57. The third kappa shape index (κ3) is 4.29. The molecule has 134 valence electrons. The molecule has 0 unspecified atom stereocenters. The van der Waals surface area contributed by atoms with Crippen molar-refractivity contribution in [3.63, 3.8) is 0 Å². The van der Waals surface area contributed by atoms with Crippen LogP contribution in [-0.4, -0.2) is 32.4 Å². The molecule has 0 amide bonds. The molecule has 0 fully saturated rings. The second kappa shape index (κ2) is 7.13. The summed E-state index contributed by atoms with van der Waals surface area (Å²) in [5.41, 5.74) is 7.47. The first-order valence-electron chi connectivity index (χ1n) is 8.57. The molecule has 1 heterocycles. The molecule has 3 rings (SSSR count). The van der Waals surface area contributed by atoms with E-state index in [1.165, 1.54) is 0 Å². The fourth-order valence-electron chi connectivity index (χ4n) is 3.07. The smallest absolute Gasteiger partial charge is 0.145 e. The first-order valence-corrected chi connectivity index (χ1v) is 8.57. The first kappa shape index (κ1) is 17.3.